The number of hydrogen-bond acceptors (Lipinski definition) is 3. The van der Waals surface area contributed by atoms with Gasteiger partial charge in [0.2, 0.25) is 0 Å². The van der Waals surface area contributed by atoms with Gasteiger partial charge in [-0.15, -0.1) is 0 Å². The fraction of sp³-hybridized carbons (Fsp3) is 0. The van der Waals surface area contributed by atoms with Gasteiger partial charge in [0.15, 0.2) is 0 Å². The molecule has 102 valence electrons. The number of amides is 1. The van der Waals surface area contributed by atoms with Crippen molar-refractivity contribution in [3.63, 3.8) is 0 Å². The summed E-state index contributed by atoms with van der Waals surface area (Å²) in [5, 5.41) is 2.78. The molecule has 0 spiro atoms. The first kappa shape index (κ1) is 13.0. The maximum Gasteiger partial charge on any atom is 0.257 e. The largest absolute Gasteiger partial charge is 0.321 e. The van der Waals surface area contributed by atoms with E-state index < -0.39 is 0 Å². The SMILES string of the molecule is O=C(Nc1cccnc1)c1ccc(-c2ccccc2)nc1. The van der Waals surface area contributed by atoms with E-state index in [4.69, 9.17) is 0 Å². The Bertz CT molecular complexity index is 725. The maximum atomic E-state index is 12.1. The third-order valence-corrected chi connectivity index (χ3v) is 3.01. The average molecular weight is 275 g/mol. The molecule has 0 bridgehead atoms. The Hall–Kier alpha value is -3.01. The molecule has 3 aromatic rings. The van der Waals surface area contributed by atoms with E-state index >= 15 is 0 Å². The third-order valence-electron chi connectivity index (χ3n) is 3.01. The predicted octanol–water partition coefficient (Wildman–Crippen LogP) is 3.40. The molecule has 0 unspecified atom stereocenters. The van der Waals surface area contributed by atoms with Crippen molar-refractivity contribution in [3.05, 3.63) is 78.8 Å². The molecular formula is C17H13N3O. The summed E-state index contributed by atoms with van der Waals surface area (Å²) in [7, 11) is 0. The molecule has 0 saturated carbocycles. The molecule has 0 aliphatic heterocycles. The van der Waals surface area contributed by atoms with Gasteiger partial charge in [0.25, 0.3) is 5.91 Å². The molecule has 2 heterocycles. The Labute approximate surface area is 122 Å². The molecule has 0 fully saturated rings. The highest BCUT2D eigenvalue weighted by molar-refractivity contribution is 6.04. The molecule has 1 N–H and O–H groups in total. The van der Waals surface area contributed by atoms with Crippen molar-refractivity contribution in [2.45, 2.75) is 0 Å². The van der Waals surface area contributed by atoms with Gasteiger partial charge in [0.1, 0.15) is 0 Å². The lowest BCUT2D eigenvalue weighted by molar-refractivity contribution is 0.102. The highest BCUT2D eigenvalue weighted by Crippen LogP contribution is 2.16. The molecule has 0 atom stereocenters. The zero-order valence-corrected chi connectivity index (χ0v) is 11.2. The lowest BCUT2D eigenvalue weighted by Gasteiger charge is -2.05. The van der Waals surface area contributed by atoms with Crippen LogP contribution in [-0.4, -0.2) is 15.9 Å². The van der Waals surface area contributed by atoms with Crippen LogP contribution >= 0.6 is 0 Å². The fourth-order valence-corrected chi connectivity index (χ4v) is 1.95. The number of benzene rings is 1. The van der Waals surface area contributed by atoms with Crippen LogP contribution in [0.3, 0.4) is 0 Å². The van der Waals surface area contributed by atoms with Crippen molar-refractivity contribution >= 4 is 11.6 Å². The Morgan fingerprint density at radius 3 is 2.43 bits per heavy atom. The van der Waals surface area contributed by atoms with Crippen molar-refractivity contribution in [2.75, 3.05) is 5.32 Å². The molecule has 0 aliphatic rings. The molecular weight excluding hydrogens is 262 g/mol. The van der Waals surface area contributed by atoms with Crippen LogP contribution < -0.4 is 5.32 Å². The van der Waals surface area contributed by atoms with Crippen LogP contribution in [0.2, 0.25) is 0 Å². The quantitative estimate of drug-likeness (QED) is 0.797. The summed E-state index contributed by atoms with van der Waals surface area (Å²) in [5.41, 5.74) is 3.04. The first-order valence-corrected chi connectivity index (χ1v) is 6.56. The van der Waals surface area contributed by atoms with Gasteiger partial charge in [0, 0.05) is 18.0 Å². The molecule has 4 nitrogen and oxygen atoms in total. The van der Waals surface area contributed by atoms with Gasteiger partial charge in [0.05, 0.1) is 23.1 Å². The Kier molecular flexibility index (Phi) is 3.69. The average Bonchev–Trinajstić information content (AvgIpc) is 2.57. The monoisotopic (exact) mass is 275 g/mol. The van der Waals surface area contributed by atoms with Gasteiger partial charge in [-0.1, -0.05) is 30.3 Å². The van der Waals surface area contributed by atoms with Crippen LogP contribution in [-0.2, 0) is 0 Å². The summed E-state index contributed by atoms with van der Waals surface area (Å²) in [6, 6.07) is 17.0. The smallest absolute Gasteiger partial charge is 0.257 e. The van der Waals surface area contributed by atoms with Gasteiger partial charge in [-0.05, 0) is 24.3 Å². The van der Waals surface area contributed by atoms with E-state index in [1.165, 1.54) is 0 Å². The van der Waals surface area contributed by atoms with E-state index in [2.05, 4.69) is 15.3 Å². The summed E-state index contributed by atoms with van der Waals surface area (Å²) < 4.78 is 0. The van der Waals surface area contributed by atoms with Crippen molar-refractivity contribution in [1.82, 2.24) is 9.97 Å². The number of carbonyl (C=O) groups is 1. The topological polar surface area (TPSA) is 54.9 Å². The van der Waals surface area contributed by atoms with Crippen molar-refractivity contribution in [1.29, 1.82) is 0 Å². The van der Waals surface area contributed by atoms with E-state index in [0.717, 1.165) is 11.3 Å². The minimum absolute atomic E-state index is 0.199. The van der Waals surface area contributed by atoms with Crippen LogP contribution in [0.25, 0.3) is 11.3 Å². The van der Waals surface area contributed by atoms with Gasteiger partial charge >= 0.3 is 0 Å². The predicted molar refractivity (Wildman–Crippen MR) is 81.9 cm³/mol. The van der Waals surface area contributed by atoms with Crippen molar-refractivity contribution in [2.24, 2.45) is 0 Å². The molecule has 1 aromatic carbocycles. The van der Waals surface area contributed by atoms with Crippen LogP contribution in [0.4, 0.5) is 5.69 Å². The van der Waals surface area contributed by atoms with E-state index in [0.29, 0.717) is 11.3 Å². The molecule has 0 saturated heterocycles. The summed E-state index contributed by atoms with van der Waals surface area (Å²) >= 11 is 0. The molecule has 0 aliphatic carbocycles. The standard InChI is InChI=1S/C17H13N3O/c21-17(20-15-7-4-10-18-12-15)14-8-9-16(19-11-14)13-5-2-1-3-6-13/h1-12H,(H,20,21). The van der Waals surface area contributed by atoms with Crippen molar-refractivity contribution in [3.8, 4) is 11.3 Å². The second-order valence-corrected chi connectivity index (χ2v) is 4.49. The Balaban J connectivity index is 1.77. The number of hydrogen-bond donors (Lipinski definition) is 1. The number of nitrogens with one attached hydrogen (secondary N) is 1. The van der Waals surface area contributed by atoms with Crippen LogP contribution in [0, 0.1) is 0 Å². The minimum Gasteiger partial charge on any atom is -0.321 e. The second-order valence-electron chi connectivity index (χ2n) is 4.49. The highest BCUT2D eigenvalue weighted by Gasteiger charge is 2.07. The van der Waals surface area contributed by atoms with Gasteiger partial charge in [-0.25, -0.2) is 0 Å². The first-order chi connectivity index (χ1) is 10.3. The van der Waals surface area contributed by atoms with Gasteiger partial charge in [-0.3, -0.25) is 14.8 Å². The van der Waals surface area contributed by atoms with Crippen LogP contribution in [0.15, 0.2) is 73.2 Å². The summed E-state index contributed by atoms with van der Waals surface area (Å²) in [5.74, 6) is -0.199. The van der Waals surface area contributed by atoms with Crippen LogP contribution in [0.5, 0.6) is 0 Å². The number of aromatic nitrogens is 2. The zero-order chi connectivity index (χ0) is 14.5. The van der Waals surface area contributed by atoms with E-state index in [9.17, 15) is 4.79 Å². The molecule has 0 radical (unpaired) electrons. The second kappa shape index (κ2) is 5.96. The minimum atomic E-state index is -0.199. The molecule has 1 amide bonds. The highest BCUT2D eigenvalue weighted by atomic mass is 16.1. The maximum absolute atomic E-state index is 12.1. The third kappa shape index (κ3) is 3.12. The number of rotatable bonds is 3. The Morgan fingerprint density at radius 2 is 1.76 bits per heavy atom. The zero-order valence-electron chi connectivity index (χ0n) is 11.2. The number of anilines is 1. The number of carbonyl (C=O) groups excluding carboxylic acids is 1. The van der Waals surface area contributed by atoms with Gasteiger partial charge in [-0.2, -0.15) is 0 Å². The van der Waals surface area contributed by atoms with E-state index in [1.54, 1.807) is 36.8 Å². The van der Waals surface area contributed by atoms with Gasteiger partial charge < -0.3 is 5.32 Å². The number of pyridine rings is 2. The van der Waals surface area contributed by atoms with Crippen molar-refractivity contribution < 1.29 is 4.79 Å². The number of nitrogens with zero attached hydrogens (tertiary/aromatic N) is 2. The fourth-order valence-electron chi connectivity index (χ4n) is 1.95. The van der Waals surface area contributed by atoms with E-state index in [-0.39, 0.29) is 5.91 Å². The summed E-state index contributed by atoms with van der Waals surface area (Å²) in [6.45, 7) is 0. The molecule has 2 aromatic heterocycles. The molecule has 4 heteroatoms. The normalized spacial score (nSPS) is 10.1. The lowest BCUT2D eigenvalue weighted by Crippen LogP contribution is -2.12. The summed E-state index contributed by atoms with van der Waals surface area (Å²) in [6.07, 6.45) is 4.84. The first-order valence-electron chi connectivity index (χ1n) is 6.56. The summed E-state index contributed by atoms with van der Waals surface area (Å²) in [4.78, 5) is 20.4. The van der Waals surface area contributed by atoms with Crippen LogP contribution in [0.1, 0.15) is 10.4 Å². The van der Waals surface area contributed by atoms with E-state index in [1.807, 2.05) is 36.4 Å². The Morgan fingerprint density at radius 1 is 0.905 bits per heavy atom. The lowest BCUT2D eigenvalue weighted by atomic mass is 10.1. The molecule has 21 heavy (non-hydrogen) atoms. The molecule has 3 rings (SSSR count).